The Balaban J connectivity index is 0.00000144. The van der Waals surface area contributed by atoms with Crippen molar-refractivity contribution < 1.29 is 0 Å². The fourth-order valence-electron chi connectivity index (χ4n) is 1.85. The van der Waals surface area contributed by atoms with Crippen molar-refractivity contribution in [3.63, 3.8) is 0 Å². The number of benzene rings is 2. The van der Waals surface area contributed by atoms with E-state index in [1.54, 1.807) is 0 Å². The van der Waals surface area contributed by atoms with Crippen LogP contribution in [0.15, 0.2) is 59.1 Å². The highest BCUT2D eigenvalue weighted by atomic mass is 79.9. The average Bonchev–Trinajstić information content (AvgIpc) is 2.34. The zero-order chi connectivity index (χ0) is 11.4. The summed E-state index contributed by atoms with van der Waals surface area (Å²) >= 11 is 3.44. The minimum Gasteiger partial charge on any atom is -0.330 e. The van der Waals surface area contributed by atoms with Gasteiger partial charge in [0.1, 0.15) is 0 Å². The molecule has 0 radical (unpaired) electrons. The maximum Gasteiger partial charge on any atom is 0.0212 e. The Morgan fingerprint density at radius 1 is 0.882 bits per heavy atom. The maximum absolute atomic E-state index is 5.86. The molecule has 0 saturated heterocycles. The van der Waals surface area contributed by atoms with Crippen LogP contribution >= 0.6 is 28.3 Å². The SMILES string of the molecule is Cl.NCC(c1ccccc1)c1ccc(Br)cc1. The van der Waals surface area contributed by atoms with E-state index in [1.807, 2.05) is 6.07 Å². The first kappa shape index (κ1) is 14.2. The quantitative estimate of drug-likeness (QED) is 0.912. The molecule has 0 bridgehead atoms. The summed E-state index contributed by atoms with van der Waals surface area (Å²) in [6.07, 6.45) is 0. The van der Waals surface area contributed by atoms with Crippen molar-refractivity contribution in [1.82, 2.24) is 0 Å². The normalized spacial score (nSPS) is 11.6. The lowest BCUT2D eigenvalue weighted by molar-refractivity contribution is 0.819. The third-order valence-corrected chi connectivity index (χ3v) is 3.24. The van der Waals surface area contributed by atoms with Crippen LogP contribution in [0.3, 0.4) is 0 Å². The molecule has 0 saturated carbocycles. The lowest BCUT2D eigenvalue weighted by Gasteiger charge is -2.15. The molecule has 0 spiro atoms. The van der Waals surface area contributed by atoms with Crippen molar-refractivity contribution >= 4 is 28.3 Å². The molecule has 2 N–H and O–H groups in total. The molecule has 90 valence electrons. The van der Waals surface area contributed by atoms with Gasteiger partial charge in [-0.1, -0.05) is 58.4 Å². The summed E-state index contributed by atoms with van der Waals surface area (Å²) in [5.74, 6) is 0.286. The van der Waals surface area contributed by atoms with Crippen LogP contribution in [0.5, 0.6) is 0 Å². The highest BCUT2D eigenvalue weighted by molar-refractivity contribution is 9.10. The molecule has 2 aromatic carbocycles. The maximum atomic E-state index is 5.86. The molecule has 1 atom stereocenters. The van der Waals surface area contributed by atoms with Crippen molar-refractivity contribution in [2.45, 2.75) is 5.92 Å². The van der Waals surface area contributed by atoms with E-state index in [1.165, 1.54) is 11.1 Å². The third-order valence-electron chi connectivity index (χ3n) is 2.71. The Bertz CT molecular complexity index is 442. The molecular formula is C14H15BrClN. The van der Waals surface area contributed by atoms with Crippen molar-refractivity contribution in [3.05, 3.63) is 70.2 Å². The van der Waals surface area contributed by atoms with E-state index >= 15 is 0 Å². The van der Waals surface area contributed by atoms with Gasteiger partial charge >= 0.3 is 0 Å². The van der Waals surface area contributed by atoms with Crippen LogP contribution in [0.1, 0.15) is 17.0 Å². The van der Waals surface area contributed by atoms with Crippen molar-refractivity contribution in [1.29, 1.82) is 0 Å². The second-order valence-corrected chi connectivity index (χ2v) is 4.67. The van der Waals surface area contributed by atoms with Crippen molar-refractivity contribution in [2.24, 2.45) is 5.73 Å². The zero-order valence-corrected chi connectivity index (χ0v) is 11.7. The molecule has 0 aliphatic heterocycles. The van der Waals surface area contributed by atoms with Gasteiger partial charge in [0.15, 0.2) is 0 Å². The molecule has 17 heavy (non-hydrogen) atoms. The highest BCUT2D eigenvalue weighted by Crippen LogP contribution is 2.24. The second kappa shape index (κ2) is 6.80. The van der Waals surface area contributed by atoms with Gasteiger partial charge in [-0.15, -0.1) is 12.4 Å². The van der Waals surface area contributed by atoms with Crippen LogP contribution in [0, 0.1) is 0 Å². The zero-order valence-electron chi connectivity index (χ0n) is 9.34. The van der Waals surface area contributed by atoms with E-state index in [-0.39, 0.29) is 18.3 Å². The van der Waals surface area contributed by atoms with E-state index in [2.05, 4.69) is 64.5 Å². The number of halogens is 2. The van der Waals surface area contributed by atoms with Crippen LogP contribution in [0.2, 0.25) is 0 Å². The lowest BCUT2D eigenvalue weighted by atomic mass is 9.92. The predicted molar refractivity (Wildman–Crippen MR) is 78.7 cm³/mol. The van der Waals surface area contributed by atoms with Crippen LogP contribution < -0.4 is 5.73 Å². The third kappa shape index (κ3) is 3.56. The topological polar surface area (TPSA) is 26.0 Å². The summed E-state index contributed by atoms with van der Waals surface area (Å²) in [6, 6.07) is 18.7. The Labute approximate surface area is 117 Å². The summed E-state index contributed by atoms with van der Waals surface area (Å²) in [7, 11) is 0. The molecule has 0 amide bonds. The smallest absolute Gasteiger partial charge is 0.0212 e. The fraction of sp³-hybridized carbons (Fsp3) is 0.143. The molecule has 3 heteroatoms. The van der Waals surface area contributed by atoms with E-state index in [0.717, 1.165) is 4.47 Å². The number of hydrogen-bond donors (Lipinski definition) is 1. The molecule has 0 aliphatic carbocycles. The van der Waals surface area contributed by atoms with Gasteiger partial charge in [-0.05, 0) is 23.3 Å². The fourth-order valence-corrected chi connectivity index (χ4v) is 2.11. The first-order chi connectivity index (χ1) is 7.81. The Morgan fingerprint density at radius 2 is 1.41 bits per heavy atom. The molecule has 0 aliphatic rings. The van der Waals surface area contributed by atoms with Gasteiger partial charge in [-0.2, -0.15) is 0 Å². The molecule has 0 aromatic heterocycles. The second-order valence-electron chi connectivity index (χ2n) is 3.75. The summed E-state index contributed by atoms with van der Waals surface area (Å²) < 4.78 is 1.10. The molecule has 1 unspecified atom stereocenters. The van der Waals surface area contributed by atoms with Gasteiger partial charge in [0, 0.05) is 16.9 Å². The van der Waals surface area contributed by atoms with Gasteiger partial charge < -0.3 is 5.73 Å². The summed E-state index contributed by atoms with van der Waals surface area (Å²) in [4.78, 5) is 0. The van der Waals surface area contributed by atoms with E-state index in [4.69, 9.17) is 5.73 Å². The Kier molecular flexibility index (Phi) is 5.69. The molecule has 0 heterocycles. The van der Waals surface area contributed by atoms with Crippen LogP contribution in [0.25, 0.3) is 0 Å². The predicted octanol–water partition coefficient (Wildman–Crippen LogP) is 3.96. The van der Waals surface area contributed by atoms with Gasteiger partial charge in [0.2, 0.25) is 0 Å². The lowest BCUT2D eigenvalue weighted by Crippen LogP contribution is -2.13. The molecule has 2 aromatic rings. The van der Waals surface area contributed by atoms with E-state index in [0.29, 0.717) is 6.54 Å². The van der Waals surface area contributed by atoms with E-state index < -0.39 is 0 Å². The minimum absolute atomic E-state index is 0. The average molecular weight is 313 g/mol. The number of hydrogen-bond acceptors (Lipinski definition) is 1. The van der Waals surface area contributed by atoms with E-state index in [9.17, 15) is 0 Å². The van der Waals surface area contributed by atoms with Crippen molar-refractivity contribution in [3.8, 4) is 0 Å². The van der Waals surface area contributed by atoms with Gasteiger partial charge in [0.25, 0.3) is 0 Å². The van der Waals surface area contributed by atoms with Crippen LogP contribution in [0.4, 0.5) is 0 Å². The summed E-state index contributed by atoms with van der Waals surface area (Å²) in [6.45, 7) is 0.631. The summed E-state index contributed by atoms with van der Waals surface area (Å²) in [5.41, 5.74) is 8.39. The Hall–Kier alpha value is -0.830. The van der Waals surface area contributed by atoms with Crippen LogP contribution in [-0.4, -0.2) is 6.54 Å². The van der Waals surface area contributed by atoms with Gasteiger partial charge in [0.05, 0.1) is 0 Å². The molecule has 0 fully saturated rings. The standard InChI is InChI=1S/C14H14BrN.ClH/c15-13-8-6-12(7-9-13)14(10-16)11-4-2-1-3-5-11;/h1-9,14H,10,16H2;1H. The summed E-state index contributed by atoms with van der Waals surface area (Å²) in [5, 5.41) is 0. The van der Waals surface area contributed by atoms with Crippen molar-refractivity contribution in [2.75, 3.05) is 6.54 Å². The minimum atomic E-state index is 0. The monoisotopic (exact) mass is 311 g/mol. The number of rotatable bonds is 3. The molecule has 1 nitrogen and oxygen atoms in total. The first-order valence-corrected chi connectivity index (χ1v) is 6.11. The highest BCUT2D eigenvalue weighted by Gasteiger charge is 2.11. The number of nitrogens with two attached hydrogens (primary N) is 1. The van der Waals surface area contributed by atoms with Gasteiger partial charge in [-0.25, -0.2) is 0 Å². The Morgan fingerprint density at radius 3 is 1.94 bits per heavy atom. The van der Waals surface area contributed by atoms with Gasteiger partial charge in [-0.3, -0.25) is 0 Å². The largest absolute Gasteiger partial charge is 0.330 e. The first-order valence-electron chi connectivity index (χ1n) is 5.31. The molecule has 2 rings (SSSR count). The molecular weight excluding hydrogens is 298 g/mol. The van der Waals surface area contributed by atoms with Crippen LogP contribution in [-0.2, 0) is 0 Å².